The summed E-state index contributed by atoms with van der Waals surface area (Å²) in [7, 11) is 1.50. The van der Waals surface area contributed by atoms with Crippen molar-refractivity contribution in [1.82, 2.24) is 4.90 Å². The third kappa shape index (κ3) is 4.77. The molecule has 3 rings (SSSR count). The molecule has 8 heteroatoms. The summed E-state index contributed by atoms with van der Waals surface area (Å²) < 4.78 is 43.8. The Kier molecular flexibility index (Phi) is 6.15. The maximum atomic E-state index is 12.9. The maximum Gasteiger partial charge on any atom is 0.416 e. The number of ether oxygens (including phenoxy) is 1. The SMILES string of the molecule is COc1ccc(Cl)cc1C(=O)N1CC[NH+](Cc2cccc(C(F)(F)F)c2)CC1. The predicted octanol–water partition coefficient (Wildman–Crippen LogP) is 2.91. The van der Waals surface area contributed by atoms with E-state index in [0.717, 1.165) is 11.0 Å². The second kappa shape index (κ2) is 8.41. The third-order valence-corrected chi connectivity index (χ3v) is 5.09. The highest BCUT2D eigenvalue weighted by Gasteiger charge is 2.31. The first-order valence-electron chi connectivity index (χ1n) is 8.90. The minimum atomic E-state index is -4.34. The predicted molar refractivity (Wildman–Crippen MR) is 99.8 cm³/mol. The molecular formula is C20H21ClF3N2O2+. The van der Waals surface area contributed by atoms with Crippen LogP contribution in [0.3, 0.4) is 0 Å². The number of nitrogens with one attached hydrogen (secondary N) is 1. The van der Waals surface area contributed by atoms with Crippen LogP contribution in [0.1, 0.15) is 21.5 Å². The highest BCUT2D eigenvalue weighted by molar-refractivity contribution is 6.31. The first kappa shape index (κ1) is 20.5. The van der Waals surface area contributed by atoms with Crippen LogP contribution in [0.4, 0.5) is 13.2 Å². The molecule has 2 aromatic carbocycles. The fraction of sp³-hybridized carbons (Fsp3) is 0.350. The number of quaternary nitrogens is 1. The van der Waals surface area contributed by atoms with E-state index in [1.807, 2.05) is 0 Å². The summed E-state index contributed by atoms with van der Waals surface area (Å²) in [5, 5.41) is 0.456. The van der Waals surface area contributed by atoms with Gasteiger partial charge in [-0.15, -0.1) is 0 Å². The van der Waals surface area contributed by atoms with Crippen LogP contribution in [0.2, 0.25) is 5.02 Å². The number of hydrogen-bond donors (Lipinski definition) is 1. The smallest absolute Gasteiger partial charge is 0.416 e. The third-order valence-electron chi connectivity index (χ3n) is 4.86. The van der Waals surface area contributed by atoms with Crippen molar-refractivity contribution in [3.63, 3.8) is 0 Å². The van der Waals surface area contributed by atoms with Gasteiger partial charge in [-0.1, -0.05) is 23.7 Å². The molecular weight excluding hydrogens is 393 g/mol. The largest absolute Gasteiger partial charge is 0.496 e. The molecule has 28 heavy (non-hydrogen) atoms. The highest BCUT2D eigenvalue weighted by Crippen LogP contribution is 2.29. The number of methoxy groups -OCH3 is 1. The van der Waals surface area contributed by atoms with Crippen molar-refractivity contribution in [2.75, 3.05) is 33.3 Å². The molecule has 4 nitrogen and oxygen atoms in total. The molecule has 1 saturated heterocycles. The number of amides is 1. The van der Waals surface area contributed by atoms with Gasteiger partial charge in [-0.05, 0) is 30.3 Å². The molecule has 2 aromatic rings. The van der Waals surface area contributed by atoms with Crippen molar-refractivity contribution in [1.29, 1.82) is 0 Å². The number of carbonyl (C=O) groups excluding carboxylic acids is 1. The van der Waals surface area contributed by atoms with E-state index in [1.54, 1.807) is 29.2 Å². The summed E-state index contributed by atoms with van der Waals surface area (Å²) in [4.78, 5) is 15.7. The van der Waals surface area contributed by atoms with E-state index in [9.17, 15) is 18.0 Å². The summed E-state index contributed by atoms with van der Waals surface area (Å²) in [6, 6.07) is 10.3. The molecule has 0 aromatic heterocycles. The molecule has 0 aliphatic carbocycles. The molecule has 1 N–H and O–H groups in total. The quantitative estimate of drug-likeness (QED) is 0.836. The Bertz CT molecular complexity index is 850. The zero-order valence-corrected chi connectivity index (χ0v) is 16.1. The van der Waals surface area contributed by atoms with E-state index in [2.05, 4.69) is 0 Å². The van der Waals surface area contributed by atoms with Gasteiger partial charge in [0.25, 0.3) is 5.91 Å². The molecule has 150 valence electrons. The summed E-state index contributed by atoms with van der Waals surface area (Å²) in [5.74, 6) is 0.311. The number of hydrogen-bond acceptors (Lipinski definition) is 2. The Morgan fingerprint density at radius 2 is 1.89 bits per heavy atom. The molecule has 1 aliphatic heterocycles. The van der Waals surface area contributed by atoms with Crippen LogP contribution >= 0.6 is 11.6 Å². The Morgan fingerprint density at radius 1 is 1.18 bits per heavy atom. The van der Waals surface area contributed by atoms with Crippen molar-refractivity contribution in [2.24, 2.45) is 0 Å². The van der Waals surface area contributed by atoms with Gasteiger partial charge in [-0.25, -0.2) is 0 Å². The Balaban J connectivity index is 1.62. The molecule has 0 spiro atoms. The van der Waals surface area contributed by atoms with E-state index in [1.165, 1.54) is 19.2 Å². The average Bonchev–Trinajstić information content (AvgIpc) is 2.67. The number of piperazine rings is 1. The number of rotatable bonds is 4. The lowest BCUT2D eigenvalue weighted by molar-refractivity contribution is -0.917. The van der Waals surface area contributed by atoms with Crippen LogP contribution in [0.25, 0.3) is 0 Å². The van der Waals surface area contributed by atoms with Gasteiger partial charge in [0.1, 0.15) is 12.3 Å². The topological polar surface area (TPSA) is 34.0 Å². The van der Waals surface area contributed by atoms with Crippen LogP contribution in [-0.2, 0) is 12.7 Å². The van der Waals surface area contributed by atoms with Gasteiger partial charge >= 0.3 is 6.18 Å². The minimum Gasteiger partial charge on any atom is -0.496 e. The van der Waals surface area contributed by atoms with E-state index in [0.29, 0.717) is 54.6 Å². The Labute approximate surface area is 166 Å². The lowest BCUT2D eigenvalue weighted by Gasteiger charge is -2.32. The van der Waals surface area contributed by atoms with Gasteiger partial charge in [-0.2, -0.15) is 13.2 Å². The van der Waals surface area contributed by atoms with Gasteiger partial charge in [0, 0.05) is 10.6 Å². The van der Waals surface area contributed by atoms with E-state index >= 15 is 0 Å². The number of halogens is 4. The van der Waals surface area contributed by atoms with Gasteiger partial charge in [0.15, 0.2) is 0 Å². The van der Waals surface area contributed by atoms with E-state index in [-0.39, 0.29) is 5.91 Å². The number of nitrogens with zero attached hydrogens (tertiary/aromatic N) is 1. The molecule has 1 fully saturated rings. The van der Waals surface area contributed by atoms with Crippen molar-refractivity contribution in [3.05, 3.63) is 64.2 Å². The molecule has 1 aliphatic rings. The van der Waals surface area contributed by atoms with Crippen molar-refractivity contribution >= 4 is 17.5 Å². The molecule has 1 heterocycles. The molecule has 0 atom stereocenters. The minimum absolute atomic E-state index is 0.155. The van der Waals surface area contributed by atoms with E-state index < -0.39 is 11.7 Å². The average molecular weight is 414 g/mol. The first-order valence-corrected chi connectivity index (χ1v) is 9.28. The fourth-order valence-electron chi connectivity index (χ4n) is 3.37. The monoisotopic (exact) mass is 413 g/mol. The first-order chi connectivity index (χ1) is 13.3. The standard InChI is InChI=1S/C20H20ClF3N2O2/c1-28-18-6-5-16(21)12-17(18)19(27)26-9-7-25(8-10-26)13-14-3-2-4-15(11-14)20(22,23)24/h2-6,11-12H,7-10,13H2,1H3/p+1. The van der Waals surface area contributed by atoms with Crippen molar-refractivity contribution in [3.8, 4) is 5.75 Å². The maximum absolute atomic E-state index is 12.9. The number of carbonyl (C=O) groups is 1. The van der Waals surface area contributed by atoms with Crippen LogP contribution < -0.4 is 9.64 Å². The summed E-state index contributed by atoms with van der Waals surface area (Å²) in [6.45, 7) is 2.84. The van der Waals surface area contributed by atoms with Gasteiger partial charge in [0.2, 0.25) is 0 Å². The summed E-state index contributed by atoms with van der Waals surface area (Å²) >= 11 is 6.00. The molecule has 1 amide bonds. The summed E-state index contributed by atoms with van der Waals surface area (Å²) in [5.41, 5.74) is 0.420. The van der Waals surface area contributed by atoms with Crippen LogP contribution in [0, 0.1) is 0 Å². The van der Waals surface area contributed by atoms with Crippen molar-refractivity contribution in [2.45, 2.75) is 12.7 Å². The molecule has 0 unspecified atom stereocenters. The molecule has 0 radical (unpaired) electrons. The second-order valence-electron chi connectivity index (χ2n) is 6.76. The second-order valence-corrected chi connectivity index (χ2v) is 7.20. The van der Waals surface area contributed by atoms with Gasteiger partial charge < -0.3 is 14.5 Å². The van der Waals surface area contributed by atoms with E-state index in [4.69, 9.17) is 16.3 Å². The van der Waals surface area contributed by atoms with Crippen LogP contribution in [-0.4, -0.2) is 44.1 Å². The lowest BCUT2D eigenvalue weighted by Crippen LogP contribution is -3.13. The lowest BCUT2D eigenvalue weighted by atomic mass is 10.1. The Hall–Kier alpha value is -2.25. The highest BCUT2D eigenvalue weighted by atomic mass is 35.5. The van der Waals surface area contributed by atoms with Crippen molar-refractivity contribution < 1.29 is 27.6 Å². The molecule has 0 bridgehead atoms. The Morgan fingerprint density at radius 3 is 2.54 bits per heavy atom. The zero-order chi connectivity index (χ0) is 20.3. The van der Waals surface area contributed by atoms with Crippen LogP contribution in [0.5, 0.6) is 5.75 Å². The normalized spacial score (nSPS) is 15.5. The summed E-state index contributed by atoms with van der Waals surface area (Å²) in [6.07, 6.45) is -4.34. The van der Waals surface area contributed by atoms with Crippen LogP contribution in [0.15, 0.2) is 42.5 Å². The fourth-order valence-corrected chi connectivity index (χ4v) is 3.54. The zero-order valence-electron chi connectivity index (χ0n) is 15.4. The number of alkyl halides is 3. The molecule has 0 saturated carbocycles. The number of benzene rings is 2. The van der Waals surface area contributed by atoms with Gasteiger partial charge in [0.05, 0.1) is 44.4 Å². The van der Waals surface area contributed by atoms with Gasteiger partial charge in [-0.3, -0.25) is 4.79 Å².